The van der Waals surface area contributed by atoms with E-state index in [0.717, 1.165) is 38.6 Å². The molecule has 0 saturated carbocycles. The van der Waals surface area contributed by atoms with E-state index < -0.39 is 0 Å². The molecule has 6 aromatic rings. The highest BCUT2D eigenvalue weighted by Crippen LogP contribution is 2.30. The average Bonchev–Trinajstić information content (AvgIpc) is 2.93. The smallest absolute Gasteiger partial charge is 0.164 e. The maximum Gasteiger partial charge on any atom is 0.164 e. The van der Waals surface area contributed by atoms with Crippen LogP contribution in [0.3, 0.4) is 0 Å². The van der Waals surface area contributed by atoms with Crippen LogP contribution in [0.4, 0.5) is 0 Å². The molecule has 0 aliphatic heterocycles. The molecule has 2 radical (unpaired) electrons. The number of fused-ring (bicyclic) bond motifs is 1. The van der Waals surface area contributed by atoms with Gasteiger partial charge in [0.15, 0.2) is 17.5 Å². The second-order valence-corrected chi connectivity index (χ2v) is 8.29. The Balaban J connectivity index is 1.55. The quantitative estimate of drug-likeness (QED) is 0.317. The summed E-state index contributed by atoms with van der Waals surface area (Å²) in [7, 11) is 6.38. The SMILES string of the molecule is [B]c1cc(-c2nc(-c3ccccc3)nc(-c3ccccc3)n2)cc(-c2cncc3ccccc23)c1. The maximum atomic E-state index is 6.38. The molecule has 0 bridgehead atoms. The van der Waals surface area contributed by atoms with E-state index >= 15 is 0 Å². The van der Waals surface area contributed by atoms with Gasteiger partial charge in [-0.15, -0.1) is 0 Å². The summed E-state index contributed by atoms with van der Waals surface area (Å²) in [5.74, 6) is 1.80. The molecule has 5 heteroatoms. The Hall–Kier alpha value is -4.64. The van der Waals surface area contributed by atoms with E-state index in [1.165, 1.54) is 0 Å². The summed E-state index contributed by atoms with van der Waals surface area (Å²) in [4.78, 5) is 18.9. The molecule has 35 heavy (non-hydrogen) atoms. The monoisotopic (exact) mass is 446 g/mol. The lowest BCUT2D eigenvalue weighted by atomic mass is 9.89. The summed E-state index contributed by atoms with van der Waals surface area (Å²) in [6.45, 7) is 0. The lowest BCUT2D eigenvalue weighted by Gasteiger charge is -2.12. The van der Waals surface area contributed by atoms with Crippen molar-refractivity contribution in [1.82, 2.24) is 19.9 Å². The largest absolute Gasteiger partial charge is 0.263 e. The first-order valence-corrected chi connectivity index (χ1v) is 11.4. The molecule has 0 saturated heterocycles. The topological polar surface area (TPSA) is 51.6 Å². The summed E-state index contributed by atoms with van der Waals surface area (Å²) < 4.78 is 0. The van der Waals surface area contributed by atoms with Gasteiger partial charge in [0.05, 0.1) is 0 Å². The molecule has 162 valence electrons. The Morgan fingerprint density at radius 3 is 1.69 bits per heavy atom. The molecule has 0 spiro atoms. The van der Waals surface area contributed by atoms with E-state index in [9.17, 15) is 0 Å². The predicted molar refractivity (Wildman–Crippen MR) is 142 cm³/mol. The Kier molecular flexibility index (Phi) is 5.36. The van der Waals surface area contributed by atoms with Gasteiger partial charge in [0.2, 0.25) is 0 Å². The van der Waals surface area contributed by atoms with E-state index in [1.54, 1.807) is 0 Å². The highest BCUT2D eigenvalue weighted by Gasteiger charge is 2.14. The third-order valence-electron chi connectivity index (χ3n) is 5.89. The fourth-order valence-corrected chi connectivity index (χ4v) is 4.22. The van der Waals surface area contributed by atoms with Gasteiger partial charge in [-0.2, -0.15) is 0 Å². The van der Waals surface area contributed by atoms with Crippen molar-refractivity contribution in [2.45, 2.75) is 0 Å². The molecule has 0 unspecified atom stereocenters. The third kappa shape index (κ3) is 4.20. The molecule has 0 amide bonds. The molecule has 2 aromatic heterocycles. The molecule has 0 fully saturated rings. The van der Waals surface area contributed by atoms with Gasteiger partial charge in [0.25, 0.3) is 0 Å². The van der Waals surface area contributed by atoms with Crippen LogP contribution >= 0.6 is 0 Å². The average molecular weight is 446 g/mol. The minimum absolute atomic E-state index is 0.569. The zero-order valence-electron chi connectivity index (χ0n) is 18.8. The van der Waals surface area contributed by atoms with Crippen molar-refractivity contribution in [3.63, 3.8) is 0 Å². The molecular formula is C30H19BN4. The first kappa shape index (κ1) is 20.9. The van der Waals surface area contributed by atoms with E-state index in [2.05, 4.69) is 23.2 Å². The van der Waals surface area contributed by atoms with E-state index in [1.807, 2.05) is 97.3 Å². The fourth-order valence-electron chi connectivity index (χ4n) is 4.22. The van der Waals surface area contributed by atoms with Crippen molar-refractivity contribution in [3.8, 4) is 45.3 Å². The molecule has 6 rings (SSSR count). The second kappa shape index (κ2) is 8.95. The zero-order valence-corrected chi connectivity index (χ0v) is 18.8. The minimum Gasteiger partial charge on any atom is -0.263 e. The number of benzene rings is 4. The summed E-state index contributed by atoms with van der Waals surface area (Å²) in [6, 6.07) is 34.0. The zero-order chi connectivity index (χ0) is 23.6. The van der Waals surface area contributed by atoms with Gasteiger partial charge < -0.3 is 0 Å². The number of hydrogen-bond donors (Lipinski definition) is 0. The summed E-state index contributed by atoms with van der Waals surface area (Å²) in [5, 5.41) is 2.19. The highest BCUT2D eigenvalue weighted by molar-refractivity contribution is 6.33. The van der Waals surface area contributed by atoms with Gasteiger partial charge in [-0.1, -0.05) is 103 Å². The standard InChI is InChI=1S/C30H19BN4/c31-25-16-23(27-19-32-18-22-13-7-8-14-26(22)27)15-24(17-25)30-34-28(20-9-3-1-4-10-20)33-29(35-30)21-11-5-2-6-12-21/h1-19H. The van der Waals surface area contributed by atoms with E-state index in [4.69, 9.17) is 22.8 Å². The summed E-state index contributed by atoms with van der Waals surface area (Å²) in [5.41, 5.74) is 5.29. The van der Waals surface area contributed by atoms with Gasteiger partial charge in [0, 0.05) is 40.0 Å². The van der Waals surface area contributed by atoms with Crippen LogP contribution in [0.25, 0.3) is 56.1 Å². The van der Waals surface area contributed by atoms with Crippen LogP contribution in [0.1, 0.15) is 0 Å². The van der Waals surface area contributed by atoms with Crippen molar-refractivity contribution in [2.24, 2.45) is 0 Å². The molecule has 2 heterocycles. The summed E-state index contributed by atoms with van der Waals surface area (Å²) >= 11 is 0. The van der Waals surface area contributed by atoms with Crippen LogP contribution < -0.4 is 5.46 Å². The number of hydrogen-bond acceptors (Lipinski definition) is 4. The van der Waals surface area contributed by atoms with Gasteiger partial charge in [0.1, 0.15) is 7.85 Å². The van der Waals surface area contributed by atoms with Crippen LogP contribution in [0.2, 0.25) is 0 Å². The van der Waals surface area contributed by atoms with Crippen molar-refractivity contribution in [1.29, 1.82) is 0 Å². The molecule has 0 aliphatic carbocycles. The van der Waals surface area contributed by atoms with E-state index in [0.29, 0.717) is 22.9 Å². The second-order valence-electron chi connectivity index (χ2n) is 8.29. The number of pyridine rings is 1. The molecule has 4 aromatic carbocycles. The lowest BCUT2D eigenvalue weighted by molar-refractivity contribution is 1.07. The first-order valence-electron chi connectivity index (χ1n) is 11.4. The normalized spacial score (nSPS) is 11.0. The summed E-state index contributed by atoms with van der Waals surface area (Å²) in [6.07, 6.45) is 3.75. The molecule has 0 N–H and O–H groups in total. The third-order valence-corrected chi connectivity index (χ3v) is 5.89. The van der Waals surface area contributed by atoms with Crippen LogP contribution in [-0.4, -0.2) is 27.8 Å². The number of aromatic nitrogens is 4. The molecule has 0 atom stereocenters. The highest BCUT2D eigenvalue weighted by atomic mass is 15.0. The molecule has 0 aliphatic rings. The fraction of sp³-hybridized carbons (Fsp3) is 0. The molecule has 4 nitrogen and oxygen atoms in total. The van der Waals surface area contributed by atoms with E-state index in [-0.39, 0.29) is 0 Å². The van der Waals surface area contributed by atoms with Gasteiger partial charge in [-0.3, -0.25) is 4.98 Å². The van der Waals surface area contributed by atoms with Crippen LogP contribution in [-0.2, 0) is 0 Å². The first-order chi connectivity index (χ1) is 17.2. The van der Waals surface area contributed by atoms with Gasteiger partial charge >= 0.3 is 0 Å². The number of nitrogens with zero attached hydrogens (tertiary/aromatic N) is 4. The van der Waals surface area contributed by atoms with Crippen LogP contribution in [0.5, 0.6) is 0 Å². The number of rotatable bonds is 4. The van der Waals surface area contributed by atoms with Gasteiger partial charge in [-0.05, 0) is 17.0 Å². The molecular weight excluding hydrogens is 427 g/mol. The Bertz CT molecular complexity index is 1590. The Labute approximate surface area is 204 Å². The Morgan fingerprint density at radius 1 is 0.486 bits per heavy atom. The van der Waals surface area contributed by atoms with Gasteiger partial charge in [-0.25, -0.2) is 15.0 Å². The van der Waals surface area contributed by atoms with Crippen molar-refractivity contribution in [3.05, 3.63) is 116 Å². The Morgan fingerprint density at radius 2 is 1.03 bits per heavy atom. The van der Waals surface area contributed by atoms with Crippen molar-refractivity contribution in [2.75, 3.05) is 0 Å². The van der Waals surface area contributed by atoms with Crippen molar-refractivity contribution < 1.29 is 0 Å². The van der Waals surface area contributed by atoms with Crippen molar-refractivity contribution >= 4 is 24.1 Å². The minimum atomic E-state index is 0.569. The predicted octanol–water partition coefficient (Wildman–Crippen LogP) is 5.88. The maximum absolute atomic E-state index is 6.38. The lowest BCUT2D eigenvalue weighted by Crippen LogP contribution is -2.06. The van der Waals surface area contributed by atoms with Crippen LogP contribution in [0, 0.1) is 0 Å². The van der Waals surface area contributed by atoms with Crippen LogP contribution in [0.15, 0.2) is 116 Å².